The Hall–Kier alpha value is -4.14. The smallest absolute Gasteiger partial charge is 0.416 e. The number of rotatable bonds is 13. The van der Waals surface area contributed by atoms with Crippen LogP contribution in [0.4, 0.5) is 13.2 Å². The molecule has 0 bridgehead atoms. The van der Waals surface area contributed by atoms with Crippen LogP contribution in [0.5, 0.6) is 5.75 Å². The SMILES string of the molecule is CC(=O)CCc1nccn1CCCCc1ccc(OCc2coc(/C=C/c3ccc(C(F)(F)F)cc3)n2)cc1. The quantitative estimate of drug-likeness (QED) is 0.169. The van der Waals surface area contributed by atoms with Crippen molar-refractivity contribution in [2.45, 2.75) is 58.4 Å². The molecule has 2 aromatic heterocycles. The number of carbonyl (C=O) groups is 1. The normalized spacial score (nSPS) is 11.8. The molecule has 2 aromatic carbocycles. The average Bonchev–Trinajstić information content (AvgIpc) is 3.57. The van der Waals surface area contributed by atoms with E-state index in [1.807, 2.05) is 30.5 Å². The maximum atomic E-state index is 12.7. The number of ether oxygens (including phenoxy) is 1. The summed E-state index contributed by atoms with van der Waals surface area (Å²) in [6, 6.07) is 12.8. The van der Waals surface area contributed by atoms with Gasteiger partial charge in [-0.2, -0.15) is 13.2 Å². The van der Waals surface area contributed by atoms with E-state index < -0.39 is 11.7 Å². The second-order valence-electron chi connectivity index (χ2n) is 9.26. The van der Waals surface area contributed by atoms with Crippen molar-refractivity contribution in [1.82, 2.24) is 14.5 Å². The molecule has 0 aliphatic rings. The van der Waals surface area contributed by atoms with E-state index in [0.29, 0.717) is 30.0 Å². The molecule has 9 heteroatoms. The van der Waals surface area contributed by atoms with E-state index in [9.17, 15) is 18.0 Å². The fraction of sp³-hybridized carbons (Fsp3) is 0.300. The van der Waals surface area contributed by atoms with Crippen molar-refractivity contribution < 1.29 is 27.1 Å². The molecule has 0 saturated heterocycles. The fourth-order valence-corrected chi connectivity index (χ4v) is 4.00. The van der Waals surface area contributed by atoms with Crippen molar-refractivity contribution in [3.63, 3.8) is 0 Å². The van der Waals surface area contributed by atoms with E-state index in [-0.39, 0.29) is 12.4 Å². The van der Waals surface area contributed by atoms with E-state index in [0.717, 1.165) is 49.5 Å². The highest BCUT2D eigenvalue weighted by atomic mass is 19.4. The minimum atomic E-state index is -4.36. The van der Waals surface area contributed by atoms with Gasteiger partial charge in [0.15, 0.2) is 0 Å². The molecule has 0 spiro atoms. The van der Waals surface area contributed by atoms with Crippen molar-refractivity contribution in [1.29, 1.82) is 0 Å². The Bertz CT molecular complexity index is 1370. The van der Waals surface area contributed by atoms with Gasteiger partial charge in [-0.05, 0) is 67.7 Å². The molecule has 0 aliphatic carbocycles. The van der Waals surface area contributed by atoms with Gasteiger partial charge in [-0.3, -0.25) is 0 Å². The monoisotopic (exact) mass is 537 g/mol. The summed E-state index contributed by atoms with van der Waals surface area (Å²) in [4.78, 5) is 19.9. The zero-order valence-corrected chi connectivity index (χ0v) is 21.7. The van der Waals surface area contributed by atoms with Crippen LogP contribution >= 0.6 is 0 Å². The second-order valence-corrected chi connectivity index (χ2v) is 9.26. The van der Waals surface area contributed by atoms with E-state index in [2.05, 4.69) is 14.5 Å². The van der Waals surface area contributed by atoms with Crippen LogP contribution in [0.3, 0.4) is 0 Å². The minimum Gasteiger partial charge on any atom is -0.487 e. The van der Waals surface area contributed by atoms with E-state index >= 15 is 0 Å². The lowest BCUT2D eigenvalue weighted by Crippen LogP contribution is -2.05. The number of hydrogen-bond acceptors (Lipinski definition) is 5. The zero-order chi connectivity index (χ0) is 27.7. The number of alkyl halides is 3. The van der Waals surface area contributed by atoms with Crippen molar-refractivity contribution in [3.8, 4) is 5.75 Å². The number of benzene rings is 2. The summed E-state index contributed by atoms with van der Waals surface area (Å²) < 4.78 is 51.4. The van der Waals surface area contributed by atoms with Crippen LogP contribution in [0.2, 0.25) is 0 Å². The van der Waals surface area contributed by atoms with Gasteiger partial charge in [-0.15, -0.1) is 0 Å². The molecule has 0 atom stereocenters. The number of halogens is 3. The number of nitrogens with zero attached hydrogens (tertiary/aromatic N) is 3. The Kier molecular flexibility index (Phi) is 9.35. The fourth-order valence-electron chi connectivity index (χ4n) is 4.00. The third-order valence-corrected chi connectivity index (χ3v) is 6.15. The van der Waals surface area contributed by atoms with Crippen LogP contribution in [0, 0.1) is 0 Å². The largest absolute Gasteiger partial charge is 0.487 e. The van der Waals surface area contributed by atoms with Gasteiger partial charge < -0.3 is 18.5 Å². The lowest BCUT2D eigenvalue weighted by atomic mass is 10.1. The Labute approximate surface area is 225 Å². The van der Waals surface area contributed by atoms with E-state index in [4.69, 9.17) is 9.15 Å². The van der Waals surface area contributed by atoms with Gasteiger partial charge in [0.25, 0.3) is 0 Å². The summed E-state index contributed by atoms with van der Waals surface area (Å²) in [6.45, 7) is 2.71. The first-order valence-corrected chi connectivity index (χ1v) is 12.8. The molecule has 0 radical (unpaired) electrons. The number of carbonyl (C=O) groups excluding carboxylic acids is 1. The van der Waals surface area contributed by atoms with Gasteiger partial charge in [-0.25, -0.2) is 9.97 Å². The number of ketones is 1. The lowest BCUT2D eigenvalue weighted by Gasteiger charge is -2.08. The molecule has 204 valence electrons. The molecule has 0 unspecified atom stereocenters. The van der Waals surface area contributed by atoms with E-state index in [1.165, 1.54) is 24.0 Å². The predicted octanol–water partition coefficient (Wildman–Crippen LogP) is 7.18. The highest BCUT2D eigenvalue weighted by Gasteiger charge is 2.29. The number of aryl methyl sites for hydroxylation is 3. The third kappa shape index (κ3) is 8.70. The van der Waals surface area contributed by atoms with Gasteiger partial charge in [0.2, 0.25) is 5.89 Å². The summed E-state index contributed by atoms with van der Waals surface area (Å²) in [6.07, 6.45) is 8.33. The van der Waals surface area contributed by atoms with Gasteiger partial charge in [0.05, 0.1) is 5.56 Å². The summed E-state index contributed by atoms with van der Waals surface area (Å²) in [5.41, 5.74) is 1.75. The van der Waals surface area contributed by atoms with Crippen LogP contribution in [0.15, 0.2) is 71.6 Å². The zero-order valence-electron chi connectivity index (χ0n) is 21.7. The van der Waals surface area contributed by atoms with Crippen LogP contribution in [-0.2, 0) is 37.0 Å². The molecule has 2 heterocycles. The number of imidazole rings is 1. The Morgan fingerprint density at radius 3 is 2.51 bits per heavy atom. The van der Waals surface area contributed by atoms with Crippen molar-refractivity contribution >= 4 is 17.9 Å². The first-order valence-electron chi connectivity index (χ1n) is 12.8. The molecule has 6 nitrogen and oxygen atoms in total. The Morgan fingerprint density at radius 2 is 1.79 bits per heavy atom. The van der Waals surface area contributed by atoms with Crippen LogP contribution < -0.4 is 4.74 Å². The van der Waals surface area contributed by atoms with Crippen LogP contribution in [0.25, 0.3) is 12.2 Å². The highest BCUT2D eigenvalue weighted by Crippen LogP contribution is 2.29. The van der Waals surface area contributed by atoms with Crippen molar-refractivity contribution in [2.24, 2.45) is 0 Å². The molecule has 0 fully saturated rings. The number of unbranched alkanes of at least 4 members (excludes halogenated alkanes) is 1. The van der Waals surface area contributed by atoms with Gasteiger partial charge >= 0.3 is 6.18 Å². The summed E-state index contributed by atoms with van der Waals surface area (Å²) in [7, 11) is 0. The number of aromatic nitrogens is 3. The maximum Gasteiger partial charge on any atom is 0.416 e. The Morgan fingerprint density at radius 1 is 1.03 bits per heavy atom. The number of Topliss-reactive ketones (excluding diaryl/α,β-unsaturated/α-hetero) is 1. The molecule has 0 amide bonds. The summed E-state index contributed by atoms with van der Waals surface area (Å²) in [5.74, 6) is 2.19. The third-order valence-electron chi connectivity index (χ3n) is 6.15. The molecule has 0 N–H and O–H groups in total. The highest BCUT2D eigenvalue weighted by molar-refractivity contribution is 5.75. The first-order chi connectivity index (χ1) is 18.8. The maximum absolute atomic E-state index is 12.7. The molecule has 4 aromatic rings. The van der Waals surface area contributed by atoms with Crippen molar-refractivity contribution in [2.75, 3.05) is 0 Å². The molecular formula is C30H30F3N3O3. The van der Waals surface area contributed by atoms with Crippen LogP contribution in [-0.4, -0.2) is 20.3 Å². The van der Waals surface area contributed by atoms with Gasteiger partial charge in [0, 0.05) is 37.9 Å². The van der Waals surface area contributed by atoms with E-state index in [1.54, 1.807) is 25.3 Å². The molecule has 0 saturated carbocycles. The number of hydrogen-bond donors (Lipinski definition) is 0. The van der Waals surface area contributed by atoms with Gasteiger partial charge in [0.1, 0.15) is 35.9 Å². The molecule has 39 heavy (non-hydrogen) atoms. The Balaban J connectivity index is 1.18. The number of oxazole rings is 1. The average molecular weight is 538 g/mol. The topological polar surface area (TPSA) is 70.2 Å². The standard InChI is InChI=1S/C30H30F3N3O3/c1-22(37)5-15-28-34-17-19-36(28)18-3-2-4-23-8-13-27(14-9-23)38-20-26-21-39-29(35-26)16-10-24-6-11-25(12-7-24)30(31,32)33/h6-14,16-17,19,21H,2-5,15,18,20H2,1H3/b16-10+. The summed E-state index contributed by atoms with van der Waals surface area (Å²) in [5, 5.41) is 0. The van der Waals surface area contributed by atoms with Gasteiger partial charge in [-0.1, -0.05) is 24.3 Å². The molecular weight excluding hydrogens is 507 g/mol. The molecule has 0 aliphatic heterocycles. The predicted molar refractivity (Wildman–Crippen MR) is 142 cm³/mol. The first kappa shape index (κ1) is 27.9. The minimum absolute atomic E-state index is 0.176. The van der Waals surface area contributed by atoms with Crippen LogP contribution in [0.1, 0.15) is 60.3 Å². The lowest BCUT2D eigenvalue weighted by molar-refractivity contribution is -0.137. The summed E-state index contributed by atoms with van der Waals surface area (Å²) >= 11 is 0. The molecule has 4 rings (SSSR count). The second kappa shape index (κ2) is 13.1. The van der Waals surface area contributed by atoms with Crippen molar-refractivity contribution in [3.05, 3.63) is 101 Å².